The minimum Gasteiger partial charge on any atom is -0.496 e. The fraction of sp³-hybridized carbons (Fsp3) is 0.118. The summed E-state index contributed by atoms with van der Waals surface area (Å²) in [5.74, 6) is 0.700. The first-order chi connectivity index (χ1) is 11.2. The third-order valence-electron chi connectivity index (χ3n) is 3.58. The highest BCUT2D eigenvalue weighted by atomic mass is 16.5. The molecule has 2 aromatic carbocycles. The van der Waals surface area contributed by atoms with Crippen molar-refractivity contribution in [3.63, 3.8) is 0 Å². The number of methoxy groups -OCH3 is 2. The van der Waals surface area contributed by atoms with Gasteiger partial charge in [0.1, 0.15) is 11.6 Å². The van der Waals surface area contributed by atoms with E-state index in [1.807, 2.05) is 0 Å². The van der Waals surface area contributed by atoms with Gasteiger partial charge < -0.3 is 14.5 Å². The van der Waals surface area contributed by atoms with Crippen LogP contribution in [-0.2, 0) is 4.74 Å². The maximum atomic E-state index is 11.5. The van der Waals surface area contributed by atoms with Gasteiger partial charge in [-0.25, -0.2) is 9.78 Å². The number of rotatable bonds is 4. The average molecular weight is 310 g/mol. The second-order valence-electron chi connectivity index (χ2n) is 4.85. The van der Waals surface area contributed by atoms with Crippen molar-refractivity contribution in [1.82, 2.24) is 9.97 Å². The van der Waals surface area contributed by atoms with Gasteiger partial charge in [-0.1, -0.05) is 12.1 Å². The van der Waals surface area contributed by atoms with E-state index in [-0.39, 0.29) is 0 Å². The second-order valence-corrected chi connectivity index (χ2v) is 4.85. The zero-order valence-electron chi connectivity index (χ0n) is 12.6. The molecule has 0 amide bonds. The highest BCUT2D eigenvalue weighted by Crippen LogP contribution is 2.28. The summed E-state index contributed by atoms with van der Waals surface area (Å²) < 4.78 is 9.85. The summed E-state index contributed by atoms with van der Waals surface area (Å²) in [5.41, 5.74) is 2.97. The molecule has 0 atom stereocenters. The van der Waals surface area contributed by atoms with Crippen LogP contribution in [0.3, 0.4) is 0 Å². The molecule has 0 aliphatic heterocycles. The number of carbonyl (C=O) groups excluding carboxylic acids is 2. The van der Waals surface area contributed by atoms with Crippen molar-refractivity contribution in [2.75, 3.05) is 14.2 Å². The number of esters is 1. The molecule has 0 saturated carbocycles. The van der Waals surface area contributed by atoms with Crippen molar-refractivity contribution < 1.29 is 19.1 Å². The van der Waals surface area contributed by atoms with E-state index < -0.39 is 5.97 Å². The molecule has 0 saturated heterocycles. The van der Waals surface area contributed by atoms with Gasteiger partial charge in [-0.05, 0) is 24.3 Å². The number of hydrogen-bond acceptors (Lipinski definition) is 5. The molecule has 6 heteroatoms. The lowest BCUT2D eigenvalue weighted by Crippen LogP contribution is -2.00. The van der Waals surface area contributed by atoms with E-state index in [1.54, 1.807) is 36.4 Å². The van der Waals surface area contributed by atoms with Crippen LogP contribution in [0.4, 0.5) is 0 Å². The Bertz CT molecular complexity index is 881. The maximum absolute atomic E-state index is 11.5. The lowest BCUT2D eigenvalue weighted by atomic mass is 10.1. The Morgan fingerprint density at radius 2 is 1.87 bits per heavy atom. The van der Waals surface area contributed by atoms with Gasteiger partial charge in [0.2, 0.25) is 0 Å². The molecule has 1 N–H and O–H groups in total. The molecular formula is C17H14N2O4. The Kier molecular flexibility index (Phi) is 3.80. The summed E-state index contributed by atoms with van der Waals surface area (Å²) in [6.07, 6.45) is 0.740. The third-order valence-corrected chi connectivity index (χ3v) is 3.58. The van der Waals surface area contributed by atoms with Crippen molar-refractivity contribution in [2.45, 2.75) is 0 Å². The fourth-order valence-electron chi connectivity index (χ4n) is 2.39. The number of aromatic nitrogens is 2. The van der Waals surface area contributed by atoms with Crippen LogP contribution in [0.25, 0.3) is 22.4 Å². The van der Waals surface area contributed by atoms with Gasteiger partial charge in [0.25, 0.3) is 0 Å². The zero-order chi connectivity index (χ0) is 16.4. The number of benzene rings is 2. The first-order valence-corrected chi connectivity index (χ1v) is 6.88. The molecular weight excluding hydrogens is 296 g/mol. The number of aldehydes is 1. The summed E-state index contributed by atoms with van der Waals surface area (Å²) in [6, 6.07) is 10.3. The Balaban J connectivity index is 2.07. The van der Waals surface area contributed by atoms with Gasteiger partial charge in [-0.15, -0.1) is 0 Å². The number of imidazole rings is 1. The summed E-state index contributed by atoms with van der Waals surface area (Å²) in [6.45, 7) is 0. The number of H-pyrrole nitrogens is 1. The number of aromatic amines is 1. The first-order valence-electron chi connectivity index (χ1n) is 6.88. The molecule has 116 valence electrons. The Hall–Kier alpha value is -3.15. The predicted octanol–water partition coefficient (Wildman–Crippen LogP) is 2.84. The van der Waals surface area contributed by atoms with Gasteiger partial charge in [-0.3, -0.25) is 4.79 Å². The van der Waals surface area contributed by atoms with Crippen LogP contribution < -0.4 is 4.74 Å². The van der Waals surface area contributed by atoms with E-state index in [1.165, 1.54) is 14.2 Å². The van der Waals surface area contributed by atoms with Crippen molar-refractivity contribution in [1.29, 1.82) is 0 Å². The highest BCUT2D eigenvalue weighted by molar-refractivity contribution is 5.98. The normalized spacial score (nSPS) is 10.5. The minimum atomic E-state index is -0.394. The number of fused-ring (bicyclic) bond motifs is 1. The molecule has 0 spiro atoms. The molecule has 0 fully saturated rings. The highest BCUT2D eigenvalue weighted by Gasteiger charge is 2.13. The van der Waals surface area contributed by atoms with E-state index in [9.17, 15) is 9.59 Å². The topological polar surface area (TPSA) is 81.3 Å². The van der Waals surface area contributed by atoms with E-state index >= 15 is 0 Å². The van der Waals surface area contributed by atoms with Gasteiger partial charge in [0.15, 0.2) is 6.29 Å². The first kappa shape index (κ1) is 14.8. The monoisotopic (exact) mass is 310 g/mol. The lowest BCUT2D eigenvalue weighted by molar-refractivity contribution is 0.0600. The van der Waals surface area contributed by atoms with Gasteiger partial charge in [0.05, 0.1) is 36.4 Å². The minimum absolute atomic E-state index is 0.394. The Labute approximate surface area is 132 Å². The van der Waals surface area contributed by atoms with Crippen LogP contribution >= 0.6 is 0 Å². The number of hydrogen-bond donors (Lipinski definition) is 1. The fourth-order valence-corrected chi connectivity index (χ4v) is 2.39. The molecule has 3 aromatic rings. The standard InChI is InChI=1S/C17H14N2O4/c1-22-14-8-7-13-15(12(14)9-20)19-16(18-13)10-3-5-11(6-4-10)17(21)23-2/h3-9H,1-2H3,(H,18,19). The molecule has 0 aliphatic carbocycles. The molecule has 6 nitrogen and oxygen atoms in total. The Morgan fingerprint density at radius 1 is 1.13 bits per heavy atom. The second kappa shape index (κ2) is 5.92. The smallest absolute Gasteiger partial charge is 0.337 e. The molecule has 1 aromatic heterocycles. The maximum Gasteiger partial charge on any atom is 0.337 e. The van der Waals surface area contributed by atoms with E-state index in [2.05, 4.69) is 14.7 Å². The SMILES string of the molecule is COC(=O)c1ccc(-c2nc3ccc(OC)c(C=O)c3[nH]2)cc1. The summed E-state index contributed by atoms with van der Waals surface area (Å²) in [4.78, 5) is 30.4. The quantitative estimate of drug-likeness (QED) is 0.592. The largest absolute Gasteiger partial charge is 0.496 e. The molecule has 3 rings (SSSR count). The Morgan fingerprint density at radius 3 is 2.48 bits per heavy atom. The average Bonchev–Trinajstić information content (AvgIpc) is 3.04. The van der Waals surface area contributed by atoms with Crippen LogP contribution in [0.15, 0.2) is 36.4 Å². The van der Waals surface area contributed by atoms with Crippen molar-refractivity contribution >= 4 is 23.3 Å². The molecule has 1 heterocycles. The van der Waals surface area contributed by atoms with Crippen LogP contribution in [0.1, 0.15) is 20.7 Å². The van der Waals surface area contributed by atoms with Crippen LogP contribution in [0.2, 0.25) is 0 Å². The number of nitrogens with zero attached hydrogens (tertiary/aromatic N) is 1. The summed E-state index contributed by atoms with van der Waals surface area (Å²) in [7, 11) is 2.85. The molecule has 0 bridgehead atoms. The van der Waals surface area contributed by atoms with E-state index in [0.29, 0.717) is 33.7 Å². The van der Waals surface area contributed by atoms with Crippen molar-refractivity contribution in [3.05, 3.63) is 47.5 Å². The molecule has 0 radical (unpaired) electrons. The zero-order valence-corrected chi connectivity index (χ0v) is 12.6. The number of ether oxygens (including phenoxy) is 2. The molecule has 0 unspecified atom stereocenters. The van der Waals surface area contributed by atoms with Crippen molar-refractivity contribution in [3.8, 4) is 17.1 Å². The van der Waals surface area contributed by atoms with E-state index in [4.69, 9.17) is 4.74 Å². The number of carbonyl (C=O) groups is 2. The summed E-state index contributed by atoms with van der Waals surface area (Å²) in [5, 5.41) is 0. The summed E-state index contributed by atoms with van der Waals surface area (Å²) >= 11 is 0. The third kappa shape index (κ3) is 2.55. The molecule has 0 aliphatic rings. The van der Waals surface area contributed by atoms with Gasteiger partial charge >= 0.3 is 5.97 Å². The number of nitrogens with one attached hydrogen (secondary N) is 1. The van der Waals surface area contributed by atoms with Crippen LogP contribution in [0, 0.1) is 0 Å². The van der Waals surface area contributed by atoms with Crippen LogP contribution in [0.5, 0.6) is 5.75 Å². The molecule has 23 heavy (non-hydrogen) atoms. The van der Waals surface area contributed by atoms with Crippen LogP contribution in [-0.4, -0.2) is 36.4 Å². The van der Waals surface area contributed by atoms with Gasteiger partial charge in [-0.2, -0.15) is 0 Å². The van der Waals surface area contributed by atoms with E-state index in [0.717, 1.165) is 11.8 Å². The van der Waals surface area contributed by atoms with Gasteiger partial charge in [0, 0.05) is 5.56 Å². The lowest BCUT2D eigenvalue weighted by Gasteiger charge is -2.02. The predicted molar refractivity (Wildman–Crippen MR) is 84.8 cm³/mol. The van der Waals surface area contributed by atoms with Crippen molar-refractivity contribution in [2.24, 2.45) is 0 Å².